The first-order valence-electron chi connectivity index (χ1n) is 4.30. The Bertz CT molecular complexity index is 478. The summed E-state index contributed by atoms with van der Waals surface area (Å²) in [5.74, 6) is -0.378. The molecule has 0 aliphatic carbocycles. The van der Waals surface area contributed by atoms with E-state index in [1.165, 1.54) is 18.2 Å². The molecule has 0 heterocycles. The minimum Gasteiger partial charge on any atom is -0.502 e. The summed E-state index contributed by atoms with van der Waals surface area (Å²) in [6.45, 7) is 0.172. The fraction of sp³-hybridized carbons (Fsp3) is 0.111. The van der Waals surface area contributed by atoms with E-state index in [-0.39, 0.29) is 18.0 Å². The van der Waals surface area contributed by atoms with Crippen LogP contribution >= 0.6 is 0 Å². The van der Waals surface area contributed by atoms with Gasteiger partial charge in [-0.05, 0) is 17.2 Å². The Hall–Kier alpha value is -2.53. The van der Waals surface area contributed by atoms with Crippen LogP contribution in [0, 0.1) is 10.1 Å². The molecule has 0 amide bonds. The summed E-state index contributed by atoms with van der Waals surface area (Å²) in [6, 6.07) is 4.00. The lowest BCUT2D eigenvalue weighted by atomic mass is 10.2. The third-order valence-electron chi connectivity index (χ3n) is 1.76. The van der Waals surface area contributed by atoms with Crippen molar-refractivity contribution in [2.24, 2.45) is 5.11 Å². The highest BCUT2D eigenvalue weighted by Gasteiger charge is 2.12. The lowest BCUT2D eigenvalue weighted by Gasteiger charge is -1.97. The predicted octanol–water partition coefficient (Wildman–Crippen LogP) is 2.62. The second kappa shape index (κ2) is 5.38. The van der Waals surface area contributed by atoms with Crippen molar-refractivity contribution < 1.29 is 10.0 Å². The molecule has 0 radical (unpaired) electrons. The molecule has 0 saturated carbocycles. The molecule has 0 saturated heterocycles. The molecule has 0 atom stereocenters. The molecule has 16 heavy (non-hydrogen) atoms. The number of azide groups is 1. The predicted molar refractivity (Wildman–Crippen MR) is 57.8 cm³/mol. The van der Waals surface area contributed by atoms with E-state index in [1.807, 2.05) is 0 Å². The van der Waals surface area contributed by atoms with Gasteiger partial charge in [0.1, 0.15) is 0 Å². The number of phenols is 1. The fourth-order valence-electron chi connectivity index (χ4n) is 1.06. The summed E-state index contributed by atoms with van der Waals surface area (Å²) in [7, 11) is 0. The largest absolute Gasteiger partial charge is 0.502 e. The van der Waals surface area contributed by atoms with E-state index in [0.29, 0.717) is 5.56 Å². The molecule has 7 heteroatoms. The minimum absolute atomic E-state index is 0.172. The van der Waals surface area contributed by atoms with Gasteiger partial charge in [-0.15, -0.1) is 0 Å². The molecule has 1 rings (SSSR count). The van der Waals surface area contributed by atoms with Crippen LogP contribution < -0.4 is 0 Å². The van der Waals surface area contributed by atoms with E-state index in [9.17, 15) is 15.2 Å². The number of phenolic OH excluding ortho intramolecular Hbond substituents is 1. The molecular weight excluding hydrogens is 212 g/mol. The van der Waals surface area contributed by atoms with Crippen molar-refractivity contribution in [1.82, 2.24) is 0 Å². The number of nitro groups is 1. The maximum atomic E-state index is 10.5. The standard InChI is InChI=1S/C9H8N4O3/c10-12-11-5-1-2-7-3-4-9(14)8(6-7)13(15)16/h1-4,6,14H,5H2. The van der Waals surface area contributed by atoms with Crippen LogP contribution in [0.5, 0.6) is 5.75 Å². The zero-order chi connectivity index (χ0) is 12.0. The molecule has 7 nitrogen and oxygen atoms in total. The van der Waals surface area contributed by atoms with Gasteiger partial charge in [0.2, 0.25) is 0 Å². The molecule has 0 fully saturated rings. The van der Waals surface area contributed by atoms with Crippen LogP contribution in [-0.2, 0) is 0 Å². The van der Waals surface area contributed by atoms with Crippen molar-refractivity contribution in [3.05, 3.63) is 50.4 Å². The average Bonchev–Trinajstić information content (AvgIpc) is 2.26. The van der Waals surface area contributed by atoms with E-state index in [0.717, 1.165) is 0 Å². The molecule has 0 aliphatic heterocycles. The first-order chi connectivity index (χ1) is 7.65. The van der Waals surface area contributed by atoms with Gasteiger partial charge >= 0.3 is 5.69 Å². The Morgan fingerprint density at radius 1 is 1.62 bits per heavy atom. The number of hydrogen-bond acceptors (Lipinski definition) is 4. The second-order valence-electron chi connectivity index (χ2n) is 2.82. The van der Waals surface area contributed by atoms with Crippen molar-refractivity contribution in [2.45, 2.75) is 0 Å². The van der Waals surface area contributed by atoms with Crippen molar-refractivity contribution in [2.75, 3.05) is 6.54 Å². The van der Waals surface area contributed by atoms with Crippen LogP contribution in [0.4, 0.5) is 5.69 Å². The monoisotopic (exact) mass is 220 g/mol. The van der Waals surface area contributed by atoms with Crippen LogP contribution in [0.1, 0.15) is 5.56 Å². The Balaban J connectivity index is 2.90. The van der Waals surface area contributed by atoms with Crippen LogP contribution in [0.2, 0.25) is 0 Å². The van der Waals surface area contributed by atoms with Gasteiger partial charge in [-0.25, -0.2) is 0 Å². The van der Waals surface area contributed by atoms with Gasteiger partial charge in [0.15, 0.2) is 5.75 Å². The first-order valence-corrected chi connectivity index (χ1v) is 4.30. The SMILES string of the molecule is [N-]=[N+]=NCC=Cc1ccc(O)c([N+](=O)[O-])c1. The van der Waals surface area contributed by atoms with Crippen LogP contribution in [0.3, 0.4) is 0 Å². The van der Waals surface area contributed by atoms with E-state index >= 15 is 0 Å². The first kappa shape index (κ1) is 11.5. The molecule has 0 unspecified atom stereocenters. The van der Waals surface area contributed by atoms with Gasteiger partial charge < -0.3 is 5.11 Å². The van der Waals surface area contributed by atoms with E-state index in [2.05, 4.69) is 10.0 Å². The zero-order valence-electron chi connectivity index (χ0n) is 8.15. The number of nitro benzene ring substituents is 1. The summed E-state index contributed by atoms with van der Waals surface area (Å²) < 4.78 is 0. The van der Waals surface area contributed by atoms with Gasteiger partial charge in [-0.2, -0.15) is 0 Å². The minimum atomic E-state index is -0.667. The van der Waals surface area contributed by atoms with Crippen LogP contribution in [-0.4, -0.2) is 16.6 Å². The van der Waals surface area contributed by atoms with E-state index < -0.39 is 4.92 Å². The number of nitrogens with zero attached hydrogens (tertiary/aromatic N) is 4. The summed E-state index contributed by atoms with van der Waals surface area (Å²) in [5, 5.41) is 23.0. The molecule has 0 aromatic heterocycles. The molecule has 0 aliphatic rings. The molecule has 1 aromatic rings. The number of hydrogen-bond donors (Lipinski definition) is 1. The summed E-state index contributed by atoms with van der Waals surface area (Å²) in [6.07, 6.45) is 3.14. The zero-order valence-corrected chi connectivity index (χ0v) is 8.15. The Morgan fingerprint density at radius 2 is 2.38 bits per heavy atom. The van der Waals surface area contributed by atoms with Gasteiger partial charge in [0, 0.05) is 17.5 Å². The number of aromatic hydroxyl groups is 1. The average molecular weight is 220 g/mol. The topological polar surface area (TPSA) is 112 Å². The molecule has 1 N–H and O–H groups in total. The summed E-state index contributed by atoms with van der Waals surface area (Å²) in [4.78, 5) is 12.4. The van der Waals surface area contributed by atoms with Crippen molar-refractivity contribution in [3.63, 3.8) is 0 Å². The lowest BCUT2D eigenvalue weighted by molar-refractivity contribution is -0.385. The molecule has 0 spiro atoms. The second-order valence-corrected chi connectivity index (χ2v) is 2.82. The normalized spacial score (nSPS) is 10.0. The van der Waals surface area contributed by atoms with E-state index in [1.54, 1.807) is 12.2 Å². The Morgan fingerprint density at radius 3 is 3.00 bits per heavy atom. The lowest BCUT2D eigenvalue weighted by Crippen LogP contribution is -1.88. The van der Waals surface area contributed by atoms with Crippen molar-refractivity contribution in [1.29, 1.82) is 0 Å². The smallest absolute Gasteiger partial charge is 0.311 e. The molecular formula is C9H8N4O3. The van der Waals surface area contributed by atoms with Crippen molar-refractivity contribution in [3.8, 4) is 5.75 Å². The highest BCUT2D eigenvalue weighted by atomic mass is 16.6. The van der Waals surface area contributed by atoms with E-state index in [4.69, 9.17) is 5.53 Å². The maximum Gasteiger partial charge on any atom is 0.311 e. The molecule has 0 bridgehead atoms. The molecule has 82 valence electrons. The Labute approximate surface area is 90.4 Å². The Kier molecular flexibility index (Phi) is 3.88. The van der Waals surface area contributed by atoms with Gasteiger partial charge in [-0.1, -0.05) is 23.3 Å². The van der Waals surface area contributed by atoms with Crippen molar-refractivity contribution >= 4 is 11.8 Å². The third kappa shape index (κ3) is 3.00. The summed E-state index contributed by atoms with van der Waals surface area (Å²) >= 11 is 0. The van der Waals surface area contributed by atoms with Crippen LogP contribution in [0.15, 0.2) is 29.4 Å². The third-order valence-corrected chi connectivity index (χ3v) is 1.76. The number of rotatable bonds is 4. The highest BCUT2D eigenvalue weighted by Crippen LogP contribution is 2.26. The van der Waals surface area contributed by atoms with Crippen LogP contribution in [0.25, 0.3) is 16.5 Å². The number of benzene rings is 1. The maximum absolute atomic E-state index is 10.5. The summed E-state index contributed by atoms with van der Waals surface area (Å²) in [5.41, 5.74) is 8.22. The van der Waals surface area contributed by atoms with Gasteiger partial charge in [0.05, 0.1) is 4.92 Å². The van der Waals surface area contributed by atoms with Gasteiger partial charge in [-0.3, -0.25) is 10.1 Å². The quantitative estimate of drug-likeness (QED) is 0.276. The van der Waals surface area contributed by atoms with Gasteiger partial charge in [0.25, 0.3) is 0 Å². The highest BCUT2D eigenvalue weighted by molar-refractivity contribution is 5.58. The fourth-order valence-corrected chi connectivity index (χ4v) is 1.06. The molecule has 1 aromatic carbocycles.